The van der Waals surface area contributed by atoms with Crippen molar-refractivity contribution in [2.75, 3.05) is 63.1 Å². The van der Waals surface area contributed by atoms with Gasteiger partial charge in [0.2, 0.25) is 5.91 Å². The largest absolute Gasteiger partial charge is 0.487 e. The first-order valence-corrected chi connectivity index (χ1v) is 13.1. The van der Waals surface area contributed by atoms with Crippen molar-refractivity contribution in [3.05, 3.63) is 59.1 Å². The molecule has 0 atom stereocenters. The predicted octanol–water partition coefficient (Wildman–Crippen LogP) is 5.06. The standard InChI is InChI=1S/C27H27ClF4N6O2/c1-36-8-10-37(11-9-36)7-5-24(39)35-23-15-18(4-6-33-23)38-12-13-40-25-22(38)16-21(34-26(25)27(30,31)32)19-14-17(28)2-3-20(19)29/h2-4,6,14-16H,5,7-13H2,1H3,(H,33,35,39). The molecule has 4 heterocycles. The molecular formula is C27H27ClF4N6O2. The summed E-state index contributed by atoms with van der Waals surface area (Å²) >= 11 is 6.00. The molecule has 3 aromatic rings. The molecular weight excluding hydrogens is 552 g/mol. The Bertz CT molecular complexity index is 1400. The Morgan fingerprint density at radius 2 is 1.88 bits per heavy atom. The van der Waals surface area contributed by atoms with Gasteiger partial charge in [-0.05, 0) is 37.4 Å². The van der Waals surface area contributed by atoms with Gasteiger partial charge in [0.15, 0.2) is 11.4 Å². The van der Waals surface area contributed by atoms with Crippen LogP contribution in [0.3, 0.4) is 0 Å². The number of nitrogens with zero attached hydrogens (tertiary/aromatic N) is 5. The Labute approximate surface area is 233 Å². The average Bonchev–Trinajstić information content (AvgIpc) is 2.92. The van der Waals surface area contributed by atoms with E-state index in [2.05, 4.69) is 32.1 Å². The number of benzene rings is 1. The molecule has 8 nitrogen and oxygen atoms in total. The normalized spacial score (nSPS) is 16.4. The van der Waals surface area contributed by atoms with Gasteiger partial charge >= 0.3 is 6.18 Å². The van der Waals surface area contributed by atoms with E-state index in [1.165, 1.54) is 24.4 Å². The van der Waals surface area contributed by atoms with Crippen LogP contribution in [-0.2, 0) is 11.0 Å². The van der Waals surface area contributed by atoms with Crippen LogP contribution in [0.1, 0.15) is 12.1 Å². The quantitative estimate of drug-likeness (QED) is 0.410. The first-order chi connectivity index (χ1) is 19.1. The molecule has 0 aliphatic carbocycles. The molecule has 13 heteroatoms. The second kappa shape index (κ2) is 11.6. The van der Waals surface area contributed by atoms with Gasteiger partial charge in [-0.3, -0.25) is 4.79 Å². The molecule has 2 aliphatic heterocycles. The summed E-state index contributed by atoms with van der Waals surface area (Å²) in [5, 5.41) is 2.93. The number of piperazine rings is 1. The number of nitrogens with one attached hydrogen (secondary N) is 1. The Morgan fingerprint density at radius 3 is 2.62 bits per heavy atom. The van der Waals surface area contributed by atoms with Crippen molar-refractivity contribution < 1.29 is 27.1 Å². The van der Waals surface area contributed by atoms with Crippen molar-refractivity contribution in [2.45, 2.75) is 12.6 Å². The maximum Gasteiger partial charge on any atom is 0.437 e. The molecule has 1 fully saturated rings. The van der Waals surface area contributed by atoms with Gasteiger partial charge in [0.25, 0.3) is 0 Å². The highest BCUT2D eigenvalue weighted by Crippen LogP contribution is 2.46. The lowest BCUT2D eigenvalue weighted by Crippen LogP contribution is -2.45. The lowest BCUT2D eigenvalue weighted by Gasteiger charge is -2.33. The van der Waals surface area contributed by atoms with Crippen molar-refractivity contribution in [3.8, 4) is 17.0 Å². The number of halogens is 5. The Hall–Kier alpha value is -3.48. The summed E-state index contributed by atoms with van der Waals surface area (Å²) in [4.78, 5) is 26.6. The maximum absolute atomic E-state index is 14.6. The van der Waals surface area contributed by atoms with Gasteiger partial charge in [0.05, 0.1) is 17.9 Å². The average molecular weight is 579 g/mol. The van der Waals surface area contributed by atoms with Crippen LogP contribution >= 0.6 is 11.6 Å². The maximum atomic E-state index is 14.6. The SMILES string of the molecule is CN1CCN(CCC(=O)Nc2cc(N3CCOc4c3cc(-c3cc(Cl)ccc3F)nc4C(F)(F)F)ccn2)CC1. The molecule has 0 unspecified atom stereocenters. The Kier molecular flexibility index (Phi) is 8.11. The van der Waals surface area contributed by atoms with E-state index in [1.54, 1.807) is 17.0 Å². The molecule has 1 N–H and O–H groups in total. The Balaban J connectivity index is 1.42. The zero-order valence-electron chi connectivity index (χ0n) is 21.6. The number of amides is 1. The molecule has 1 amide bonds. The van der Waals surface area contributed by atoms with E-state index in [9.17, 15) is 22.4 Å². The molecule has 2 aliphatic rings. The molecule has 1 saturated heterocycles. The minimum absolute atomic E-state index is 0.0440. The molecule has 0 spiro atoms. The number of alkyl halides is 3. The lowest BCUT2D eigenvalue weighted by molar-refractivity contribution is -0.142. The van der Waals surface area contributed by atoms with E-state index < -0.39 is 23.4 Å². The molecule has 0 saturated carbocycles. The summed E-state index contributed by atoms with van der Waals surface area (Å²) in [6.45, 7) is 4.46. The van der Waals surface area contributed by atoms with E-state index in [4.69, 9.17) is 16.3 Å². The molecule has 1 aromatic carbocycles. The highest BCUT2D eigenvalue weighted by atomic mass is 35.5. The van der Waals surface area contributed by atoms with Crippen LogP contribution in [0.15, 0.2) is 42.6 Å². The molecule has 2 aromatic heterocycles. The van der Waals surface area contributed by atoms with Crippen LogP contribution in [-0.4, -0.2) is 78.6 Å². The summed E-state index contributed by atoms with van der Waals surface area (Å²) < 4.78 is 62.3. The number of ether oxygens (including phenoxy) is 1. The summed E-state index contributed by atoms with van der Waals surface area (Å²) in [5.41, 5.74) is -1.15. The summed E-state index contributed by atoms with van der Waals surface area (Å²) in [6.07, 6.45) is -3.12. The Morgan fingerprint density at radius 1 is 1.10 bits per heavy atom. The van der Waals surface area contributed by atoms with E-state index >= 15 is 0 Å². The topological polar surface area (TPSA) is 73.8 Å². The molecule has 0 bridgehead atoms. The minimum atomic E-state index is -4.86. The molecule has 212 valence electrons. The van der Waals surface area contributed by atoms with Gasteiger partial charge in [-0.1, -0.05) is 11.6 Å². The first-order valence-electron chi connectivity index (χ1n) is 12.7. The number of carbonyl (C=O) groups is 1. The van der Waals surface area contributed by atoms with Crippen molar-refractivity contribution >= 4 is 34.7 Å². The second-order valence-electron chi connectivity index (χ2n) is 9.67. The number of anilines is 3. The molecule has 0 radical (unpaired) electrons. The number of pyridine rings is 2. The van der Waals surface area contributed by atoms with Gasteiger partial charge in [0, 0.05) is 67.7 Å². The van der Waals surface area contributed by atoms with E-state index in [-0.39, 0.29) is 53.3 Å². The van der Waals surface area contributed by atoms with E-state index in [1.807, 2.05) is 0 Å². The number of hydrogen-bond acceptors (Lipinski definition) is 7. The summed E-state index contributed by atoms with van der Waals surface area (Å²) in [6, 6.07) is 8.13. The number of hydrogen-bond donors (Lipinski definition) is 1. The third kappa shape index (κ3) is 6.29. The zero-order chi connectivity index (χ0) is 28.4. The van der Waals surface area contributed by atoms with Crippen LogP contribution in [0.4, 0.5) is 34.8 Å². The zero-order valence-corrected chi connectivity index (χ0v) is 22.4. The first kappa shape index (κ1) is 28.1. The van der Waals surface area contributed by atoms with Crippen molar-refractivity contribution in [1.82, 2.24) is 19.8 Å². The smallest absolute Gasteiger partial charge is 0.437 e. The number of fused-ring (bicyclic) bond motifs is 1. The van der Waals surface area contributed by atoms with Crippen LogP contribution in [0.5, 0.6) is 5.75 Å². The number of rotatable bonds is 6. The van der Waals surface area contributed by atoms with Gasteiger partial charge in [-0.15, -0.1) is 0 Å². The van der Waals surface area contributed by atoms with Gasteiger partial charge < -0.3 is 24.8 Å². The lowest BCUT2D eigenvalue weighted by atomic mass is 10.1. The monoisotopic (exact) mass is 578 g/mol. The van der Waals surface area contributed by atoms with Crippen molar-refractivity contribution in [1.29, 1.82) is 0 Å². The number of aromatic nitrogens is 2. The van der Waals surface area contributed by atoms with E-state index in [0.717, 1.165) is 32.2 Å². The van der Waals surface area contributed by atoms with Crippen LogP contribution in [0.2, 0.25) is 5.02 Å². The minimum Gasteiger partial charge on any atom is -0.487 e. The highest BCUT2D eigenvalue weighted by molar-refractivity contribution is 6.30. The fourth-order valence-electron chi connectivity index (χ4n) is 4.71. The van der Waals surface area contributed by atoms with Crippen molar-refractivity contribution in [2.24, 2.45) is 0 Å². The van der Waals surface area contributed by atoms with Gasteiger partial charge in [-0.2, -0.15) is 13.2 Å². The van der Waals surface area contributed by atoms with Crippen LogP contribution in [0.25, 0.3) is 11.3 Å². The van der Waals surface area contributed by atoms with Crippen LogP contribution < -0.4 is 15.0 Å². The predicted molar refractivity (Wildman–Crippen MR) is 144 cm³/mol. The van der Waals surface area contributed by atoms with Gasteiger partial charge in [0.1, 0.15) is 18.2 Å². The summed E-state index contributed by atoms with van der Waals surface area (Å²) in [5.74, 6) is -1.17. The summed E-state index contributed by atoms with van der Waals surface area (Å²) in [7, 11) is 2.06. The number of carbonyl (C=O) groups excluding carboxylic acids is 1. The van der Waals surface area contributed by atoms with Crippen molar-refractivity contribution in [3.63, 3.8) is 0 Å². The third-order valence-corrected chi connectivity index (χ3v) is 7.09. The fourth-order valence-corrected chi connectivity index (χ4v) is 4.88. The molecule has 40 heavy (non-hydrogen) atoms. The second-order valence-corrected chi connectivity index (χ2v) is 10.1. The fraction of sp³-hybridized carbons (Fsp3) is 0.370. The highest BCUT2D eigenvalue weighted by Gasteiger charge is 2.40. The third-order valence-electron chi connectivity index (χ3n) is 6.85. The van der Waals surface area contributed by atoms with E-state index in [0.29, 0.717) is 12.2 Å². The van der Waals surface area contributed by atoms with Crippen LogP contribution in [0, 0.1) is 5.82 Å². The molecule has 5 rings (SSSR count). The number of likely N-dealkylation sites (N-methyl/N-ethyl adjacent to an activating group) is 1. The van der Waals surface area contributed by atoms with Gasteiger partial charge in [-0.25, -0.2) is 14.4 Å².